The molecule has 0 aromatic heterocycles. The molecule has 0 saturated heterocycles. The number of rotatable bonds is 7. The molecule has 1 aromatic rings. The number of nitrogens with two attached hydrogens (primary N) is 1. The molecule has 0 bridgehead atoms. The van der Waals surface area contributed by atoms with Gasteiger partial charge in [-0.05, 0) is 74.2 Å². The summed E-state index contributed by atoms with van der Waals surface area (Å²) >= 11 is 1.00. The van der Waals surface area contributed by atoms with Gasteiger partial charge >= 0.3 is 0 Å². The SMILES string of the molecule is CC(C)C.CC(C)CCO.CCN(CC)c1ccc(/C(C)=C(\C#N)SN)cc1. The number of hydrogen-bond acceptors (Lipinski definition) is 5. The number of aliphatic hydroxyl groups excluding tert-OH is 1. The molecule has 0 heterocycles. The first-order valence-corrected chi connectivity index (χ1v) is 11.0. The minimum Gasteiger partial charge on any atom is -0.396 e. The number of anilines is 1. The van der Waals surface area contributed by atoms with E-state index in [4.69, 9.17) is 15.5 Å². The lowest BCUT2D eigenvalue weighted by atomic mass is 10.1. The van der Waals surface area contributed by atoms with Gasteiger partial charge in [0.1, 0.15) is 11.0 Å². The topological polar surface area (TPSA) is 73.3 Å². The molecule has 0 aliphatic heterocycles. The number of benzene rings is 1. The second kappa shape index (κ2) is 17.6. The van der Waals surface area contributed by atoms with Gasteiger partial charge in [-0.1, -0.05) is 46.8 Å². The average molecular weight is 408 g/mol. The number of nitrogens with zero attached hydrogens (tertiary/aromatic N) is 2. The van der Waals surface area contributed by atoms with E-state index in [1.807, 2.05) is 19.1 Å². The van der Waals surface area contributed by atoms with E-state index in [0.717, 1.165) is 48.5 Å². The summed E-state index contributed by atoms with van der Waals surface area (Å²) in [5.74, 6) is 1.48. The first-order chi connectivity index (χ1) is 13.2. The van der Waals surface area contributed by atoms with E-state index in [9.17, 15) is 0 Å². The minimum atomic E-state index is 0.331. The maximum atomic E-state index is 8.96. The second-order valence-corrected chi connectivity index (χ2v) is 8.19. The van der Waals surface area contributed by atoms with E-state index < -0.39 is 0 Å². The third-order valence-electron chi connectivity index (χ3n) is 3.70. The summed E-state index contributed by atoms with van der Waals surface area (Å²) in [7, 11) is 0. The summed E-state index contributed by atoms with van der Waals surface area (Å²) in [6.07, 6.45) is 0.931. The monoisotopic (exact) mass is 407 g/mol. The molecule has 0 unspecified atom stereocenters. The van der Waals surface area contributed by atoms with Gasteiger partial charge in [-0.2, -0.15) is 5.26 Å². The van der Waals surface area contributed by atoms with Crippen molar-refractivity contribution in [2.24, 2.45) is 17.0 Å². The van der Waals surface area contributed by atoms with Gasteiger partial charge in [0.05, 0.1) is 0 Å². The van der Waals surface area contributed by atoms with Gasteiger partial charge in [-0.3, -0.25) is 5.14 Å². The molecule has 0 fully saturated rings. The van der Waals surface area contributed by atoms with E-state index in [0.29, 0.717) is 17.4 Å². The Morgan fingerprint density at radius 2 is 1.57 bits per heavy atom. The quantitative estimate of drug-likeness (QED) is 0.423. The van der Waals surface area contributed by atoms with Crippen LogP contribution in [-0.2, 0) is 0 Å². The van der Waals surface area contributed by atoms with Crippen molar-refractivity contribution in [3.63, 3.8) is 0 Å². The molecule has 3 N–H and O–H groups in total. The van der Waals surface area contributed by atoms with Crippen LogP contribution in [-0.4, -0.2) is 24.8 Å². The van der Waals surface area contributed by atoms with Crippen molar-refractivity contribution in [2.45, 2.75) is 61.8 Å². The van der Waals surface area contributed by atoms with Gasteiger partial charge < -0.3 is 10.0 Å². The molecule has 0 atom stereocenters. The third kappa shape index (κ3) is 13.7. The zero-order valence-electron chi connectivity index (χ0n) is 19.1. The fourth-order valence-electron chi connectivity index (χ4n) is 2.10. The third-order valence-corrected chi connectivity index (χ3v) is 4.33. The number of aliphatic hydroxyl groups is 1. The molecular weight excluding hydrogens is 366 g/mol. The summed E-state index contributed by atoms with van der Waals surface area (Å²) in [4.78, 5) is 2.84. The Kier molecular flexibility index (Phi) is 18.1. The van der Waals surface area contributed by atoms with E-state index in [1.54, 1.807) is 0 Å². The lowest BCUT2D eigenvalue weighted by molar-refractivity contribution is 0.268. The highest BCUT2D eigenvalue weighted by atomic mass is 32.2. The summed E-state index contributed by atoms with van der Waals surface area (Å²) < 4.78 is 0. The van der Waals surface area contributed by atoms with Crippen LogP contribution in [0.1, 0.15) is 67.4 Å². The zero-order chi connectivity index (χ0) is 22.1. The maximum absolute atomic E-state index is 8.96. The van der Waals surface area contributed by atoms with Crippen molar-refractivity contribution < 1.29 is 5.11 Å². The Labute approximate surface area is 178 Å². The molecule has 0 radical (unpaired) electrons. The molecule has 0 spiro atoms. The standard InChI is InChI=1S/C14H19N3S.C5H12O.C4H10/c1-4-17(5-2)13-8-6-12(7-9-13)11(3)14(10-15)18-16;1-5(2)3-4-6;1-4(2)3/h6-9H,4-5,16H2,1-3H3;5-6H,3-4H2,1-2H3;4H,1-3H3/b14-11+;;. The average Bonchev–Trinajstić information content (AvgIpc) is 2.64. The number of hydrogen-bond donors (Lipinski definition) is 2. The first kappa shape index (κ1) is 28.7. The fraction of sp³-hybridized carbons (Fsp3) is 0.609. The van der Waals surface area contributed by atoms with Crippen molar-refractivity contribution in [3.8, 4) is 6.07 Å². The van der Waals surface area contributed by atoms with Crippen molar-refractivity contribution in [2.75, 3.05) is 24.6 Å². The van der Waals surface area contributed by atoms with E-state index in [-0.39, 0.29) is 0 Å². The largest absolute Gasteiger partial charge is 0.396 e. The summed E-state index contributed by atoms with van der Waals surface area (Å²) in [6.45, 7) is 19.2. The van der Waals surface area contributed by atoms with Crippen LogP contribution in [0.3, 0.4) is 0 Å². The van der Waals surface area contributed by atoms with Crippen LogP contribution in [0.5, 0.6) is 0 Å². The zero-order valence-corrected chi connectivity index (χ0v) is 19.9. The van der Waals surface area contributed by atoms with Crippen LogP contribution in [0, 0.1) is 23.2 Å². The summed E-state index contributed by atoms with van der Waals surface area (Å²) in [5.41, 5.74) is 3.17. The lowest BCUT2D eigenvalue weighted by Gasteiger charge is -2.21. The van der Waals surface area contributed by atoms with Crippen LogP contribution in [0.4, 0.5) is 5.69 Å². The predicted octanol–water partition coefficient (Wildman–Crippen LogP) is 6.08. The molecule has 1 rings (SSSR count). The number of allylic oxidation sites excluding steroid dienone is 2. The summed E-state index contributed by atoms with van der Waals surface area (Å²) in [6, 6.07) is 10.4. The smallest absolute Gasteiger partial charge is 0.108 e. The van der Waals surface area contributed by atoms with Crippen molar-refractivity contribution >= 4 is 23.2 Å². The molecule has 4 nitrogen and oxygen atoms in total. The Balaban J connectivity index is 0. The van der Waals surface area contributed by atoms with E-state index >= 15 is 0 Å². The van der Waals surface area contributed by atoms with Crippen LogP contribution < -0.4 is 10.0 Å². The molecule has 160 valence electrons. The van der Waals surface area contributed by atoms with Crippen molar-refractivity contribution in [3.05, 3.63) is 34.7 Å². The highest BCUT2D eigenvalue weighted by Crippen LogP contribution is 2.25. The fourth-order valence-corrected chi connectivity index (χ4v) is 2.45. The van der Waals surface area contributed by atoms with E-state index in [2.05, 4.69) is 71.6 Å². The van der Waals surface area contributed by atoms with Crippen LogP contribution >= 0.6 is 11.9 Å². The van der Waals surface area contributed by atoms with Crippen molar-refractivity contribution in [1.29, 1.82) is 5.26 Å². The number of nitriles is 1. The Morgan fingerprint density at radius 3 is 1.82 bits per heavy atom. The second-order valence-electron chi connectivity index (χ2n) is 7.54. The molecule has 5 heteroatoms. The highest BCUT2D eigenvalue weighted by molar-refractivity contribution is 8.01. The Hall–Kier alpha value is -1.48. The molecule has 1 aromatic carbocycles. The lowest BCUT2D eigenvalue weighted by Crippen LogP contribution is -2.21. The molecule has 0 saturated carbocycles. The normalized spacial score (nSPS) is 11.0. The first-order valence-electron chi connectivity index (χ1n) is 10.1. The minimum absolute atomic E-state index is 0.331. The van der Waals surface area contributed by atoms with Crippen LogP contribution in [0.15, 0.2) is 29.2 Å². The van der Waals surface area contributed by atoms with Crippen LogP contribution in [0.2, 0.25) is 0 Å². The Morgan fingerprint density at radius 1 is 1.11 bits per heavy atom. The highest BCUT2D eigenvalue weighted by Gasteiger charge is 2.06. The van der Waals surface area contributed by atoms with Gasteiger partial charge in [-0.15, -0.1) is 0 Å². The molecular formula is C23H41N3OS. The predicted molar refractivity (Wildman–Crippen MR) is 127 cm³/mol. The molecule has 0 amide bonds. The molecule has 28 heavy (non-hydrogen) atoms. The van der Waals surface area contributed by atoms with E-state index in [1.165, 1.54) is 5.69 Å². The Bertz CT molecular complexity index is 568. The van der Waals surface area contributed by atoms with Gasteiger partial charge in [0, 0.05) is 25.4 Å². The maximum Gasteiger partial charge on any atom is 0.108 e. The summed E-state index contributed by atoms with van der Waals surface area (Å²) in [5, 5.41) is 22.7. The van der Waals surface area contributed by atoms with Gasteiger partial charge in [0.25, 0.3) is 0 Å². The van der Waals surface area contributed by atoms with Gasteiger partial charge in [0.15, 0.2) is 0 Å². The molecule has 0 aliphatic rings. The van der Waals surface area contributed by atoms with Gasteiger partial charge in [0.2, 0.25) is 0 Å². The van der Waals surface area contributed by atoms with Gasteiger partial charge in [-0.25, -0.2) is 0 Å². The van der Waals surface area contributed by atoms with Crippen LogP contribution in [0.25, 0.3) is 5.57 Å². The van der Waals surface area contributed by atoms with Crippen molar-refractivity contribution in [1.82, 2.24) is 0 Å². The molecule has 0 aliphatic carbocycles.